The Morgan fingerprint density at radius 3 is 1.96 bits per heavy atom. The Morgan fingerprint density at radius 2 is 1.16 bits per heavy atom. The van der Waals surface area contributed by atoms with Gasteiger partial charge in [0.05, 0.1) is 11.4 Å². The molecule has 4 bridgehead atoms. The molecule has 4 saturated carbocycles. The molecule has 6 aromatic carbocycles. The zero-order valence-corrected chi connectivity index (χ0v) is 28.1. The quantitative estimate of drug-likeness (QED) is 0.206. The lowest BCUT2D eigenvalue weighted by molar-refractivity contribution is -0.0452. The van der Waals surface area contributed by atoms with Crippen LogP contribution in [0.15, 0.2) is 146 Å². The molecule has 12 rings (SSSR count). The summed E-state index contributed by atoms with van der Waals surface area (Å²) in [7, 11) is 0. The van der Waals surface area contributed by atoms with Gasteiger partial charge in [-0.2, -0.15) is 0 Å². The Morgan fingerprint density at radius 1 is 0.520 bits per heavy atom. The van der Waals surface area contributed by atoms with Crippen LogP contribution >= 0.6 is 0 Å². The maximum atomic E-state index is 6.82. The molecule has 2 aliphatic heterocycles. The van der Waals surface area contributed by atoms with Gasteiger partial charge >= 0.3 is 0 Å². The van der Waals surface area contributed by atoms with Gasteiger partial charge in [-0.05, 0) is 132 Å². The predicted octanol–water partition coefficient (Wildman–Crippen LogP) is 12.1. The average molecular weight is 649 g/mol. The molecule has 3 heteroatoms. The summed E-state index contributed by atoms with van der Waals surface area (Å²) in [4.78, 5) is 2.41. The normalized spacial score (nSPS) is 26.6. The Balaban J connectivity index is 0.959. The van der Waals surface area contributed by atoms with Gasteiger partial charge in [-0.3, -0.25) is 0 Å². The van der Waals surface area contributed by atoms with Gasteiger partial charge in [-0.1, -0.05) is 97.1 Å². The lowest BCUT2D eigenvalue weighted by Gasteiger charge is -2.63. The summed E-state index contributed by atoms with van der Waals surface area (Å²) >= 11 is 0. The molecule has 0 amide bonds. The number of benzene rings is 6. The summed E-state index contributed by atoms with van der Waals surface area (Å²) in [5.41, 5.74) is 12.6. The molecule has 6 aromatic rings. The van der Waals surface area contributed by atoms with Gasteiger partial charge in [0.25, 0.3) is 0 Å². The van der Waals surface area contributed by atoms with E-state index in [1.807, 2.05) is 0 Å². The van der Waals surface area contributed by atoms with Crippen LogP contribution in [-0.4, -0.2) is 0 Å². The van der Waals surface area contributed by atoms with Crippen LogP contribution in [-0.2, 0) is 5.41 Å². The van der Waals surface area contributed by atoms with E-state index in [0.717, 1.165) is 29.0 Å². The minimum absolute atomic E-state index is 0.00361. The van der Waals surface area contributed by atoms with Crippen molar-refractivity contribution < 1.29 is 4.74 Å². The number of anilines is 3. The summed E-state index contributed by atoms with van der Waals surface area (Å²) < 4.78 is 6.82. The van der Waals surface area contributed by atoms with Crippen molar-refractivity contribution in [1.82, 2.24) is 0 Å². The molecule has 4 aliphatic carbocycles. The van der Waals surface area contributed by atoms with Gasteiger partial charge in [-0.15, -0.1) is 0 Å². The topological polar surface area (TPSA) is 24.5 Å². The summed E-state index contributed by atoms with van der Waals surface area (Å²) in [6.07, 6.45) is 6.94. The molecular formula is C47H40N2O. The molecule has 3 nitrogen and oxygen atoms in total. The number of rotatable bonds is 4. The maximum Gasteiger partial charge on any atom is 0.132 e. The summed E-state index contributed by atoms with van der Waals surface area (Å²) in [5, 5.41) is 3.81. The van der Waals surface area contributed by atoms with Crippen molar-refractivity contribution in [3.05, 3.63) is 162 Å². The van der Waals surface area contributed by atoms with E-state index in [1.54, 1.807) is 0 Å². The Labute approximate surface area is 294 Å². The van der Waals surface area contributed by atoms with Gasteiger partial charge in [0.15, 0.2) is 0 Å². The number of hydrogen-bond donors (Lipinski definition) is 1. The lowest BCUT2D eigenvalue weighted by Crippen LogP contribution is -2.56. The van der Waals surface area contributed by atoms with Crippen LogP contribution in [0.1, 0.15) is 55.0 Å². The highest BCUT2D eigenvalue weighted by Crippen LogP contribution is 2.69. The monoisotopic (exact) mass is 648 g/mol. The van der Waals surface area contributed by atoms with Crippen LogP contribution in [0.5, 0.6) is 11.5 Å². The van der Waals surface area contributed by atoms with E-state index in [2.05, 4.69) is 156 Å². The van der Waals surface area contributed by atoms with E-state index in [9.17, 15) is 0 Å². The third kappa shape index (κ3) is 4.16. The molecule has 0 saturated heterocycles. The van der Waals surface area contributed by atoms with Crippen molar-refractivity contribution in [3.63, 3.8) is 0 Å². The zero-order chi connectivity index (χ0) is 32.8. The van der Waals surface area contributed by atoms with E-state index in [4.69, 9.17) is 4.74 Å². The molecular weight excluding hydrogens is 609 g/mol. The molecule has 1 N–H and O–H groups in total. The van der Waals surface area contributed by atoms with E-state index in [0.29, 0.717) is 11.8 Å². The van der Waals surface area contributed by atoms with Gasteiger partial charge in [0, 0.05) is 22.2 Å². The molecule has 6 aliphatic rings. The summed E-state index contributed by atoms with van der Waals surface area (Å²) in [6, 6.07) is 53.5. The fraction of sp³-hybridized carbons (Fsp3) is 0.234. The van der Waals surface area contributed by atoms with Gasteiger partial charge in [0.1, 0.15) is 17.7 Å². The molecule has 0 radical (unpaired) electrons. The second-order valence-electron chi connectivity index (χ2n) is 15.5. The molecule has 1 atom stereocenters. The zero-order valence-electron chi connectivity index (χ0n) is 28.1. The molecule has 2 heterocycles. The van der Waals surface area contributed by atoms with Crippen LogP contribution in [0.3, 0.4) is 0 Å². The third-order valence-corrected chi connectivity index (χ3v) is 12.9. The van der Waals surface area contributed by atoms with E-state index in [1.165, 1.54) is 82.4 Å². The minimum Gasteiger partial charge on any atom is -0.457 e. The highest BCUT2D eigenvalue weighted by Gasteiger charge is 2.61. The molecule has 0 aromatic heterocycles. The maximum absolute atomic E-state index is 6.82. The minimum atomic E-state index is -0.00361. The van der Waals surface area contributed by atoms with Crippen molar-refractivity contribution >= 4 is 17.1 Å². The van der Waals surface area contributed by atoms with E-state index in [-0.39, 0.29) is 11.6 Å². The standard InChI is InChI=1S/C47H40N2O/c1-2-14-39(15-3-1)49-43-18-6-5-17-42(43)48-46(49)36-13-9-12-34(28-36)32-10-8-11-33(27-32)35-20-21-41-45(29-35)50-44-19-7-4-16-40(44)47(41)37-23-30-22-31(25-37)26-38(47)24-30/h1-21,27-31,37-38,46,48H,22-26H2. The third-order valence-electron chi connectivity index (χ3n) is 12.9. The van der Waals surface area contributed by atoms with Crippen LogP contribution in [0.4, 0.5) is 17.1 Å². The molecule has 4 fully saturated rings. The first-order valence-corrected chi connectivity index (χ1v) is 18.5. The number of nitrogens with zero attached hydrogens (tertiary/aromatic N) is 1. The Bertz CT molecular complexity index is 2250. The van der Waals surface area contributed by atoms with Crippen LogP contribution in [0, 0.1) is 23.7 Å². The highest BCUT2D eigenvalue weighted by atomic mass is 16.5. The van der Waals surface area contributed by atoms with Gasteiger partial charge in [-0.25, -0.2) is 0 Å². The van der Waals surface area contributed by atoms with Crippen molar-refractivity contribution in [2.45, 2.75) is 43.7 Å². The SMILES string of the molecule is c1ccc(N2c3ccccc3NC2c2cccc(-c3cccc(-c4ccc5c(c4)Oc4ccccc4C54C5CC6CC(C5)CC4C6)c3)c2)cc1. The number of fused-ring (bicyclic) bond motifs is 3. The number of nitrogens with one attached hydrogen (secondary N) is 1. The van der Waals surface area contributed by atoms with Crippen molar-refractivity contribution in [1.29, 1.82) is 0 Å². The fourth-order valence-electron chi connectivity index (χ4n) is 11.1. The largest absolute Gasteiger partial charge is 0.457 e. The van der Waals surface area contributed by atoms with Gasteiger partial charge in [0.2, 0.25) is 0 Å². The summed E-state index contributed by atoms with van der Waals surface area (Å²) in [5.74, 6) is 5.40. The lowest BCUT2D eigenvalue weighted by atomic mass is 9.42. The first-order valence-electron chi connectivity index (χ1n) is 18.5. The fourth-order valence-corrected chi connectivity index (χ4v) is 11.1. The molecule has 50 heavy (non-hydrogen) atoms. The molecule has 1 unspecified atom stereocenters. The van der Waals surface area contributed by atoms with Crippen LogP contribution < -0.4 is 15.0 Å². The second kappa shape index (κ2) is 10.9. The van der Waals surface area contributed by atoms with Crippen molar-refractivity contribution in [2.75, 3.05) is 10.2 Å². The number of hydrogen-bond acceptors (Lipinski definition) is 3. The highest BCUT2D eigenvalue weighted by molar-refractivity contribution is 5.83. The number of para-hydroxylation sites is 4. The molecule has 1 spiro atoms. The summed E-state index contributed by atoms with van der Waals surface area (Å²) in [6.45, 7) is 0. The first-order chi connectivity index (χ1) is 24.7. The Kier molecular flexibility index (Phi) is 6.20. The second-order valence-corrected chi connectivity index (χ2v) is 15.5. The average Bonchev–Trinajstić information content (AvgIpc) is 3.56. The number of ether oxygens (including phenoxy) is 1. The smallest absolute Gasteiger partial charge is 0.132 e. The van der Waals surface area contributed by atoms with Crippen LogP contribution in [0.25, 0.3) is 22.3 Å². The van der Waals surface area contributed by atoms with Crippen LogP contribution in [0.2, 0.25) is 0 Å². The van der Waals surface area contributed by atoms with Crippen molar-refractivity contribution in [3.8, 4) is 33.8 Å². The Hall–Kier alpha value is -5.28. The van der Waals surface area contributed by atoms with E-state index < -0.39 is 0 Å². The van der Waals surface area contributed by atoms with Gasteiger partial charge < -0.3 is 15.0 Å². The van der Waals surface area contributed by atoms with Crippen molar-refractivity contribution in [2.24, 2.45) is 23.7 Å². The predicted molar refractivity (Wildman–Crippen MR) is 203 cm³/mol. The first kappa shape index (κ1) is 28.5. The van der Waals surface area contributed by atoms with E-state index >= 15 is 0 Å². The molecule has 244 valence electrons.